The van der Waals surface area contributed by atoms with Crippen LogP contribution < -0.4 is 4.74 Å². The highest BCUT2D eigenvalue weighted by Gasteiger charge is 2.49. The van der Waals surface area contributed by atoms with Crippen LogP contribution in [0.5, 0.6) is 5.88 Å². The van der Waals surface area contributed by atoms with Crippen molar-refractivity contribution >= 4 is 17.6 Å². The standard InChI is InChI=1S/C13H14N2O7/c1-20-11(16)8-6-9(15(18)19)10(14-7-8)22-13(4-3-5-13)12(17)21-2/h6-7H,3-5H2,1-2H3. The third-order valence-electron chi connectivity index (χ3n) is 3.46. The van der Waals surface area contributed by atoms with Gasteiger partial charge in [-0.2, -0.15) is 0 Å². The Hall–Kier alpha value is -2.71. The molecule has 1 heterocycles. The first-order valence-electron chi connectivity index (χ1n) is 6.43. The molecule has 0 N–H and O–H groups in total. The molecule has 0 amide bonds. The van der Waals surface area contributed by atoms with Crippen LogP contribution in [0.4, 0.5) is 5.69 Å². The maximum absolute atomic E-state index is 11.8. The first kappa shape index (κ1) is 15.7. The zero-order valence-corrected chi connectivity index (χ0v) is 12.0. The molecule has 0 atom stereocenters. The van der Waals surface area contributed by atoms with Crippen molar-refractivity contribution in [1.29, 1.82) is 0 Å². The van der Waals surface area contributed by atoms with Crippen molar-refractivity contribution in [3.63, 3.8) is 0 Å². The van der Waals surface area contributed by atoms with Crippen LogP contribution in [0.2, 0.25) is 0 Å². The molecule has 1 fully saturated rings. The number of methoxy groups -OCH3 is 2. The molecule has 0 saturated heterocycles. The maximum atomic E-state index is 11.8. The Bertz CT molecular complexity index is 625. The summed E-state index contributed by atoms with van der Waals surface area (Å²) in [6, 6.07) is 0.998. The molecule has 1 saturated carbocycles. The van der Waals surface area contributed by atoms with E-state index in [1.165, 1.54) is 7.11 Å². The average Bonchev–Trinajstić information content (AvgIpc) is 2.49. The van der Waals surface area contributed by atoms with E-state index < -0.39 is 28.2 Å². The van der Waals surface area contributed by atoms with E-state index in [0.717, 1.165) is 25.8 Å². The fourth-order valence-corrected chi connectivity index (χ4v) is 2.10. The van der Waals surface area contributed by atoms with Crippen molar-refractivity contribution in [1.82, 2.24) is 4.98 Å². The molecule has 0 radical (unpaired) electrons. The van der Waals surface area contributed by atoms with Crippen molar-refractivity contribution in [3.05, 3.63) is 27.9 Å². The third-order valence-corrected chi connectivity index (χ3v) is 3.46. The number of esters is 2. The molecule has 0 aromatic carbocycles. The molecular formula is C13H14N2O7. The van der Waals surface area contributed by atoms with Crippen LogP contribution in [0.25, 0.3) is 0 Å². The van der Waals surface area contributed by atoms with Crippen molar-refractivity contribution < 1.29 is 28.7 Å². The van der Waals surface area contributed by atoms with Crippen molar-refractivity contribution in [3.8, 4) is 5.88 Å². The van der Waals surface area contributed by atoms with Crippen molar-refractivity contribution in [2.24, 2.45) is 0 Å². The minimum atomic E-state index is -1.25. The molecule has 0 unspecified atom stereocenters. The summed E-state index contributed by atoms with van der Waals surface area (Å²) in [5.74, 6) is -1.69. The molecule has 1 aromatic heterocycles. The largest absolute Gasteiger partial charge is 0.466 e. The number of hydrogen-bond donors (Lipinski definition) is 0. The van der Waals surface area contributed by atoms with Crippen molar-refractivity contribution in [2.75, 3.05) is 14.2 Å². The average molecular weight is 310 g/mol. The van der Waals surface area contributed by atoms with Gasteiger partial charge in [0, 0.05) is 12.3 Å². The Balaban J connectivity index is 2.36. The van der Waals surface area contributed by atoms with Crippen LogP contribution in [0, 0.1) is 10.1 Å². The summed E-state index contributed by atoms with van der Waals surface area (Å²) in [4.78, 5) is 37.4. The number of carbonyl (C=O) groups is 2. The van der Waals surface area contributed by atoms with E-state index in [1.807, 2.05) is 0 Å². The Kier molecular flexibility index (Phi) is 4.25. The second kappa shape index (κ2) is 5.96. The first-order valence-corrected chi connectivity index (χ1v) is 6.43. The van der Waals surface area contributed by atoms with Gasteiger partial charge in [0.25, 0.3) is 5.88 Å². The minimum Gasteiger partial charge on any atom is -0.466 e. The number of rotatable bonds is 5. The zero-order chi connectivity index (χ0) is 16.3. The normalized spacial score (nSPS) is 15.4. The summed E-state index contributed by atoms with van der Waals surface area (Å²) in [6.45, 7) is 0. The summed E-state index contributed by atoms with van der Waals surface area (Å²) >= 11 is 0. The quantitative estimate of drug-likeness (QED) is 0.453. The lowest BCUT2D eigenvalue weighted by Crippen LogP contribution is -2.51. The van der Waals surface area contributed by atoms with Crippen molar-refractivity contribution in [2.45, 2.75) is 24.9 Å². The Morgan fingerprint density at radius 3 is 2.45 bits per heavy atom. The van der Waals surface area contributed by atoms with Gasteiger partial charge in [0.2, 0.25) is 5.60 Å². The predicted molar refractivity (Wildman–Crippen MR) is 71.5 cm³/mol. The molecule has 22 heavy (non-hydrogen) atoms. The summed E-state index contributed by atoms with van der Waals surface area (Å²) in [7, 11) is 2.37. The first-order chi connectivity index (χ1) is 10.4. The number of ether oxygens (including phenoxy) is 3. The topological polar surface area (TPSA) is 118 Å². The van der Waals surface area contributed by atoms with E-state index in [9.17, 15) is 19.7 Å². The zero-order valence-electron chi connectivity index (χ0n) is 12.0. The number of aromatic nitrogens is 1. The number of hydrogen-bond acceptors (Lipinski definition) is 8. The van der Waals surface area contributed by atoms with Gasteiger partial charge < -0.3 is 14.2 Å². The second-order valence-corrected chi connectivity index (χ2v) is 4.74. The lowest BCUT2D eigenvalue weighted by Gasteiger charge is -2.37. The van der Waals surface area contributed by atoms with Crippen LogP contribution in [0.3, 0.4) is 0 Å². The van der Waals surface area contributed by atoms with Gasteiger partial charge in [-0.3, -0.25) is 10.1 Å². The van der Waals surface area contributed by atoms with Crippen LogP contribution in [0.1, 0.15) is 29.6 Å². The Morgan fingerprint density at radius 1 is 1.32 bits per heavy atom. The van der Waals surface area contributed by atoms with Crippen LogP contribution in [-0.4, -0.2) is 41.7 Å². The monoisotopic (exact) mass is 310 g/mol. The van der Waals surface area contributed by atoms with E-state index >= 15 is 0 Å². The SMILES string of the molecule is COC(=O)c1cnc(OC2(C(=O)OC)CCC2)c([N+](=O)[O-])c1. The highest BCUT2D eigenvalue weighted by atomic mass is 16.6. The van der Waals surface area contributed by atoms with E-state index in [1.54, 1.807) is 0 Å². The van der Waals surface area contributed by atoms with E-state index in [4.69, 9.17) is 4.74 Å². The molecule has 1 aliphatic carbocycles. The highest BCUT2D eigenvalue weighted by molar-refractivity contribution is 5.90. The second-order valence-electron chi connectivity index (χ2n) is 4.74. The summed E-state index contributed by atoms with van der Waals surface area (Å²) in [5.41, 5.74) is -1.85. The number of nitro groups is 1. The molecule has 0 bridgehead atoms. The summed E-state index contributed by atoms with van der Waals surface area (Å²) < 4.78 is 14.6. The van der Waals surface area contributed by atoms with Gasteiger partial charge in [-0.05, 0) is 19.3 Å². The number of carbonyl (C=O) groups excluding carboxylic acids is 2. The van der Waals surface area contributed by atoms with Crippen LogP contribution >= 0.6 is 0 Å². The fourth-order valence-electron chi connectivity index (χ4n) is 2.10. The fraction of sp³-hybridized carbons (Fsp3) is 0.462. The van der Waals surface area contributed by atoms with Crippen LogP contribution in [-0.2, 0) is 14.3 Å². The van der Waals surface area contributed by atoms with Gasteiger partial charge >= 0.3 is 17.6 Å². The van der Waals surface area contributed by atoms with E-state index in [0.29, 0.717) is 12.8 Å². The molecule has 9 nitrogen and oxygen atoms in total. The van der Waals surface area contributed by atoms with Gasteiger partial charge in [0.15, 0.2) is 0 Å². The Labute approximate surface area is 125 Å². The van der Waals surface area contributed by atoms with Gasteiger partial charge in [0.1, 0.15) is 0 Å². The molecule has 1 aromatic rings. The molecule has 2 rings (SSSR count). The lowest BCUT2D eigenvalue weighted by atomic mass is 9.80. The highest BCUT2D eigenvalue weighted by Crippen LogP contribution is 2.39. The molecular weight excluding hydrogens is 296 g/mol. The van der Waals surface area contributed by atoms with Crippen LogP contribution in [0.15, 0.2) is 12.3 Å². The summed E-state index contributed by atoms with van der Waals surface area (Å²) in [6.07, 6.45) is 2.61. The predicted octanol–water partition coefficient (Wildman–Crippen LogP) is 1.25. The molecule has 1 aliphatic rings. The van der Waals surface area contributed by atoms with E-state index in [2.05, 4.69) is 14.5 Å². The summed E-state index contributed by atoms with van der Waals surface area (Å²) in [5, 5.41) is 11.1. The third kappa shape index (κ3) is 2.69. The molecule has 118 valence electrons. The Morgan fingerprint density at radius 2 is 2.00 bits per heavy atom. The minimum absolute atomic E-state index is 0.0812. The van der Waals surface area contributed by atoms with E-state index in [-0.39, 0.29) is 11.4 Å². The maximum Gasteiger partial charge on any atom is 0.350 e. The lowest BCUT2D eigenvalue weighted by molar-refractivity contribution is -0.386. The van der Waals surface area contributed by atoms with Gasteiger partial charge in [0.05, 0.1) is 24.7 Å². The number of pyridine rings is 1. The molecule has 9 heteroatoms. The van der Waals surface area contributed by atoms with Gasteiger partial charge in [-0.25, -0.2) is 14.6 Å². The smallest absolute Gasteiger partial charge is 0.350 e. The number of nitrogens with zero attached hydrogens (tertiary/aromatic N) is 2. The van der Waals surface area contributed by atoms with Gasteiger partial charge in [-0.1, -0.05) is 0 Å². The van der Waals surface area contributed by atoms with Gasteiger partial charge in [-0.15, -0.1) is 0 Å². The molecule has 0 spiro atoms. The molecule has 0 aliphatic heterocycles.